The maximum atomic E-state index is 10.9. The number of phenols is 1. The Bertz CT molecular complexity index is 471. The summed E-state index contributed by atoms with van der Waals surface area (Å²) < 4.78 is 0. The van der Waals surface area contributed by atoms with E-state index >= 15 is 0 Å². The second-order valence-corrected chi connectivity index (χ2v) is 3.14. The first kappa shape index (κ1) is 12.6. The van der Waals surface area contributed by atoms with Gasteiger partial charge in [0.1, 0.15) is 12.3 Å². The van der Waals surface area contributed by atoms with Crippen molar-refractivity contribution in [1.29, 1.82) is 0 Å². The molecule has 1 amide bonds. The minimum absolute atomic E-state index is 0.0986. The number of non-ortho nitro benzene ring substituents is 1. The third-order valence-corrected chi connectivity index (χ3v) is 1.97. The first-order valence-corrected chi connectivity index (χ1v) is 4.72. The van der Waals surface area contributed by atoms with Gasteiger partial charge in [0.25, 0.3) is 5.69 Å². The molecule has 0 fully saturated rings. The van der Waals surface area contributed by atoms with Gasteiger partial charge in [-0.15, -0.1) is 0 Å². The number of benzene rings is 1. The van der Waals surface area contributed by atoms with Crippen molar-refractivity contribution < 1.29 is 14.8 Å². The average molecular weight is 237 g/mol. The highest BCUT2D eigenvalue weighted by Gasteiger charge is 2.08. The molecule has 1 aromatic rings. The number of carbonyl (C=O) groups excluding carboxylic acids is 1. The molecule has 7 nitrogen and oxygen atoms in total. The van der Waals surface area contributed by atoms with E-state index in [4.69, 9.17) is 0 Å². The van der Waals surface area contributed by atoms with Gasteiger partial charge >= 0.3 is 0 Å². The van der Waals surface area contributed by atoms with Crippen molar-refractivity contribution >= 4 is 17.8 Å². The largest absolute Gasteiger partial charge is 0.507 e. The van der Waals surface area contributed by atoms with E-state index in [0.717, 1.165) is 0 Å². The summed E-state index contributed by atoms with van der Waals surface area (Å²) in [4.78, 5) is 24.6. The Hall–Kier alpha value is -2.44. The lowest BCUT2D eigenvalue weighted by atomic mass is 10.2. The van der Waals surface area contributed by atoms with Crippen molar-refractivity contribution in [2.45, 2.75) is 0 Å². The molecule has 0 aliphatic heterocycles. The van der Waals surface area contributed by atoms with E-state index in [0.29, 0.717) is 0 Å². The summed E-state index contributed by atoms with van der Waals surface area (Å²) in [5.41, 5.74) is 0.0484. The Kier molecular flexibility index (Phi) is 4.15. The summed E-state index contributed by atoms with van der Waals surface area (Å²) in [6, 6.07) is 3.58. The average Bonchev–Trinajstić information content (AvgIpc) is 2.30. The molecule has 0 heterocycles. The Morgan fingerprint density at radius 3 is 2.94 bits per heavy atom. The summed E-state index contributed by atoms with van der Waals surface area (Å²) >= 11 is 0. The zero-order valence-electron chi connectivity index (χ0n) is 9.08. The fourth-order valence-corrected chi connectivity index (χ4v) is 1.06. The van der Waals surface area contributed by atoms with E-state index in [1.54, 1.807) is 0 Å². The van der Waals surface area contributed by atoms with Crippen molar-refractivity contribution in [3.63, 3.8) is 0 Å². The number of rotatable bonds is 4. The highest BCUT2D eigenvalue weighted by atomic mass is 16.6. The molecule has 2 N–H and O–H groups in total. The minimum atomic E-state index is -0.574. The van der Waals surface area contributed by atoms with E-state index in [9.17, 15) is 20.0 Å². The number of aromatic hydroxyl groups is 1. The van der Waals surface area contributed by atoms with Crippen LogP contribution < -0.4 is 5.32 Å². The number of carbonyl (C=O) groups is 1. The molecule has 0 unspecified atom stereocenters. The SMILES string of the molecule is CNC(=O)CN=Cc1cc([N+](=O)[O-])ccc1O. The van der Waals surface area contributed by atoms with Gasteiger partial charge < -0.3 is 10.4 Å². The number of nitro benzene ring substituents is 1. The molecule has 1 rings (SSSR count). The summed E-state index contributed by atoms with van der Waals surface area (Å²) in [5.74, 6) is -0.414. The van der Waals surface area contributed by atoms with Gasteiger partial charge in [-0.3, -0.25) is 19.9 Å². The van der Waals surface area contributed by atoms with Gasteiger partial charge in [-0.25, -0.2) is 0 Å². The van der Waals surface area contributed by atoms with Crippen molar-refractivity contribution in [2.75, 3.05) is 13.6 Å². The number of phenolic OH excluding ortho intramolecular Hbond substituents is 1. The second-order valence-electron chi connectivity index (χ2n) is 3.14. The van der Waals surface area contributed by atoms with Gasteiger partial charge in [0, 0.05) is 31.0 Å². The Morgan fingerprint density at radius 2 is 2.35 bits per heavy atom. The van der Waals surface area contributed by atoms with Gasteiger partial charge in [0.2, 0.25) is 5.91 Å². The fourth-order valence-electron chi connectivity index (χ4n) is 1.06. The lowest BCUT2D eigenvalue weighted by Gasteiger charge is -1.98. The zero-order valence-corrected chi connectivity index (χ0v) is 9.08. The number of nitrogens with zero attached hydrogens (tertiary/aromatic N) is 2. The summed E-state index contributed by atoms with van der Waals surface area (Å²) in [6.07, 6.45) is 1.22. The molecule has 17 heavy (non-hydrogen) atoms. The first-order valence-electron chi connectivity index (χ1n) is 4.72. The molecular weight excluding hydrogens is 226 g/mol. The summed E-state index contributed by atoms with van der Waals surface area (Å²) in [5, 5.41) is 22.3. The lowest BCUT2D eigenvalue weighted by Crippen LogP contribution is -2.20. The monoisotopic (exact) mass is 237 g/mol. The second kappa shape index (κ2) is 5.59. The summed E-state index contributed by atoms with van der Waals surface area (Å²) in [7, 11) is 1.47. The normalized spacial score (nSPS) is 10.4. The fraction of sp³-hybridized carbons (Fsp3) is 0.200. The van der Waals surface area contributed by atoms with Crippen LogP contribution in [0.25, 0.3) is 0 Å². The van der Waals surface area contributed by atoms with Crippen molar-refractivity contribution in [3.8, 4) is 5.75 Å². The smallest absolute Gasteiger partial charge is 0.270 e. The molecule has 0 saturated heterocycles. The molecule has 7 heteroatoms. The van der Waals surface area contributed by atoms with Crippen LogP contribution in [0.15, 0.2) is 23.2 Å². The number of hydrogen-bond acceptors (Lipinski definition) is 5. The standard InChI is InChI=1S/C10H11N3O4/c1-11-10(15)6-12-5-7-4-8(13(16)17)2-3-9(7)14/h2-5,14H,6H2,1H3,(H,11,15). The third kappa shape index (κ3) is 3.56. The number of likely N-dealkylation sites (N-methyl/N-ethyl adjacent to an activating group) is 1. The molecule has 1 aromatic carbocycles. The molecule has 0 spiro atoms. The van der Waals surface area contributed by atoms with Crippen LogP contribution in [0.2, 0.25) is 0 Å². The third-order valence-electron chi connectivity index (χ3n) is 1.97. The van der Waals surface area contributed by atoms with Crippen LogP contribution in [0.3, 0.4) is 0 Å². The van der Waals surface area contributed by atoms with Crippen LogP contribution >= 0.6 is 0 Å². The molecular formula is C10H11N3O4. The van der Waals surface area contributed by atoms with E-state index in [2.05, 4.69) is 10.3 Å². The number of nitrogens with one attached hydrogen (secondary N) is 1. The van der Waals surface area contributed by atoms with Crippen LogP contribution in [0.4, 0.5) is 5.69 Å². The van der Waals surface area contributed by atoms with Gasteiger partial charge in [-0.2, -0.15) is 0 Å². The molecule has 0 aliphatic rings. The summed E-state index contributed by atoms with van der Waals surface area (Å²) in [6.45, 7) is -0.0986. The van der Waals surface area contributed by atoms with Crippen molar-refractivity contribution in [2.24, 2.45) is 4.99 Å². The maximum Gasteiger partial charge on any atom is 0.270 e. The molecule has 90 valence electrons. The Morgan fingerprint density at radius 1 is 1.65 bits per heavy atom. The van der Waals surface area contributed by atoms with Gasteiger partial charge in [-0.05, 0) is 6.07 Å². The molecule has 0 radical (unpaired) electrons. The molecule has 0 saturated carbocycles. The van der Waals surface area contributed by atoms with E-state index in [1.807, 2.05) is 0 Å². The van der Waals surface area contributed by atoms with E-state index in [1.165, 1.54) is 31.5 Å². The van der Waals surface area contributed by atoms with Crippen molar-refractivity contribution in [1.82, 2.24) is 5.32 Å². The van der Waals surface area contributed by atoms with Crippen LogP contribution in [-0.4, -0.2) is 35.7 Å². The predicted molar refractivity (Wildman–Crippen MR) is 61.3 cm³/mol. The van der Waals surface area contributed by atoms with Gasteiger partial charge in [-0.1, -0.05) is 0 Å². The van der Waals surface area contributed by atoms with E-state index < -0.39 is 4.92 Å². The molecule has 0 aliphatic carbocycles. The first-order chi connectivity index (χ1) is 8.04. The number of hydrogen-bond donors (Lipinski definition) is 2. The van der Waals surface area contributed by atoms with Crippen molar-refractivity contribution in [3.05, 3.63) is 33.9 Å². The highest BCUT2D eigenvalue weighted by Crippen LogP contribution is 2.21. The number of amides is 1. The van der Waals surface area contributed by atoms with Crippen LogP contribution in [0, 0.1) is 10.1 Å². The van der Waals surface area contributed by atoms with Crippen LogP contribution in [0.5, 0.6) is 5.75 Å². The topological polar surface area (TPSA) is 105 Å². The van der Waals surface area contributed by atoms with Gasteiger partial charge in [0.05, 0.1) is 4.92 Å². The predicted octanol–water partition coefficient (Wildman–Crippen LogP) is 0.465. The highest BCUT2D eigenvalue weighted by molar-refractivity contribution is 5.87. The number of nitro groups is 1. The number of aliphatic imine (C=N–C) groups is 1. The van der Waals surface area contributed by atoms with Crippen LogP contribution in [-0.2, 0) is 4.79 Å². The minimum Gasteiger partial charge on any atom is -0.507 e. The Labute approximate surface area is 96.9 Å². The maximum absolute atomic E-state index is 10.9. The van der Waals surface area contributed by atoms with E-state index in [-0.39, 0.29) is 29.5 Å². The lowest BCUT2D eigenvalue weighted by molar-refractivity contribution is -0.384. The quantitative estimate of drug-likeness (QED) is 0.451. The zero-order chi connectivity index (χ0) is 12.8. The molecule has 0 bridgehead atoms. The molecule has 0 atom stereocenters. The van der Waals surface area contributed by atoms with Crippen LogP contribution in [0.1, 0.15) is 5.56 Å². The Balaban J connectivity index is 2.86. The van der Waals surface area contributed by atoms with Gasteiger partial charge in [0.15, 0.2) is 0 Å². The molecule has 0 aromatic heterocycles.